The summed E-state index contributed by atoms with van der Waals surface area (Å²) in [7, 11) is 0. The van der Waals surface area contributed by atoms with E-state index < -0.39 is 47.2 Å². The summed E-state index contributed by atoms with van der Waals surface area (Å²) in [5, 5.41) is 16.3. The lowest BCUT2D eigenvalue weighted by Gasteiger charge is -2.50. The summed E-state index contributed by atoms with van der Waals surface area (Å²) in [5.74, 6) is -1.94. The molecule has 0 radical (unpaired) electrons. The monoisotopic (exact) mass is 627 g/mol. The Balaban J connectivity index is 1.52. The Morgan fingerprint density at radius 1 is 1.37 bits per heavy atom. The number of fused-ring (bicyclic) bond motifs is 1. The first-order valence-corrected chi connectivity index (χ1v) is 15.1. The number of rotatable bonds is 8. The highest BCUT2D eigenvalue weighted by atomic mass is 32.2. The first kappa shape index (κ1) is 31.2. The fourth-order valence-electron chi connectivity index (χ4n) is 4.42. The molecule has 0 saturated carbocycles. The van der Waals surface area contributed by atoms with Crippen molar-refractivity contribution in [1.29, 1.82) is 0 Å². The molecule has 3 aliphatic heterocycles. The normalized spacial score (nSPS) is 24.3. The van der Waals surface area contributed by atoms with E-state index in [1.807, 2.05) is 13.8 Å². The van der Waals surface area contributed by atoms with Gasteiger partial charge in [-0.15, -0.1) is 23.1 Å². The van der Waals surface area contributed by atoms with Crippen molar-refractivity contribution in [2.45, 2.75) is 70.8 Å². The van der Waals surface area contributed by atoms with Crippen LogP contribution in [-0.2, 0) is 33.3 Å². The topological polar surface area (TPSA) is 175 Å². The van der Waals surface area contributed by atoms with Crippen molar-refractivity contribution in [2.24, 2.45) is 10.6 Å². The molecule has 2 fully saturated rings. The maximum Gasteiger partial charge on any atom is 0.314 e. The van der Waals surface area contributed by atoms with Gasteiger partial charge in [0, 0.05) is 11.1 Å². The molecule has 2 amide bonds. The molecule has 16 heteroatoms. The van der Waals surface area contributed by atoms with Gasteiger partial charge in [-0.3, -0.25) is 19.3 Å². The number of thiazole rings is 1. The third-order valence-corrected chi connectivity index (χ3v) is 8.74. The number of anilines is 1. The lowest BCUT2D eigenvalue weighted by Crippen LogP contribution is -2.71. The number of nitrogens with two attached hydrogens (primary N) is 1. The quantitative estimate of drug-likeness (QED) is 0.0731. The summed E-state index contributed by atoms with van der Waals surface area (Å²) in [6.07, 6.45) is 0.950. The standard InChI is InChI=1S/C25H33N5O8S3/c1-24(2,3)22(33)36-11-35-21(39)17-12(8-13-6-7-37-25(4,5)38-13)9-40-20-16(19(32)30(17)20)28-18(31)15(29-34)14-10-41-23(26)27-14/h10,13,16,20,34H,6-9,11H2,1-5H3,(H2,26,27)(H,28,31)/b29-15-/t13?,16?,20-/m1/s1. The van der Waals surface area contributed by atoms with Gasteiger partial charge in [0.05, 0.1) is 23.8 Å². The zero-order valence-electron chi connectivity index (χ0n) is 23.3. The molecular formula is C25H33N5O8S3. The number of hydrogen-bond donors (Lipinski definition) is 3. The predicted molar refractivity (Wildman–Crippen MR) is 155 cm³/mol. The molecule has 0 aliphatic carbocycles. The number of nitrogen functional groups attached to an aromatic ring is 1. The van der Waals surface area contributed by atoms with Crippen LogP contribution in [0.2, 0.25) is 0 Å². The van der Waals surface area contributed by atoms with Gasteiger partial charge in [-0.25, -0.2) is 4.98 Å². The number of thioether (sulfide) groups is 1. The Bertz CT molecular complexity index is 1290. The SMILES string of the molecule is CC1(C)OCCC(CC2=C(C(=S)OCOC(=O)C(C)(C)C)N3C(=O)C(NC(=O)/C(=N\O)c4csc(N)n4)[C@H]3SC2)O1. The number of ether oxygens (including phenoxy) is 4. The minimum Gasteiger partial charge on any atom is -0.445 e. The lowest BCUT2D eigenvalue weighted by molar-refractivity contribution is -0.272. The molecule has 1 aromatic heterocycles. The molecule has 41 heavy (non-hydrogen) atoms. The number of aromatic nitrogens is 1. The minimum atomic E-state index is -0.920. The number of carbonyl (C=O) groups is 3. The van der Waals surface area contributed by atoms with E-state index >= 15 is 0 Å². The fraction of sp³-hybridized carbons (Fsp3) is 0.600. The molecule has 0 bridgehead atoms. The summed E-state index contributed by atoms with van der Waals surface area (Å²) in [6, 6.07) is -0.920. The molecule has 224 valence electrons. The first-order chi connectivity index (χ1) is 19.2. The fourth-order valence-corrected chi connectivity index (χ4v) is 6.62. The van der Waals surface area contributed by atoms with Crippen LogP contribution in [0, 0.1) is 5.41 Å². The van der Waals surface area contributed by atoms with Gasteiger partial charge in [0.1, 0.15) is 17.1 Å². The number of β-lactam (4-membered cyclic amide) rings is 1. The van der Waals surface area contributed by atoms with Gasteiger partial charge < -0.3 is 35.2 Å². The van der Waals surface area contributed by atoms with Gasteiger partial charge in [-0.1, -0.05) is 5.16 Å². The van der Waals surface area contributed by atoms with Gasteiger partial charge in [0.25, 0.3) is 11.8 Å². The molecular weight excluding hydrogens is 595 g/mol. The smallest absolute Gasteiger partial charge is 0.314 e. The molecule has 2 saturated heterocycles. The van der Waals surface area contributed by atoms with E-state index in [0.29, 0.717) is 30.9 Å². The lowest BCUT2D eigenvalue weighted by atomic mass is 9.98. The minimum absolute atomic E-state index is 0.00739. The molecule has 0 aromatic carbocycles. The van der Waals surface area contributed by atoms with Crippen molar-refractivity contribution < 1.29 is 38.5 Å². The van der Waals surface area contributed by atoms with Crippen molar-refractivity contribution in [3.8, 4) is 0 Å². The van der Waals surface area contributed by atoms with E-state index in [0.717, 1.165) is 16.9 Å². The first-order valence-electron chi connectivity index (χ1n) is 12.8. The zero-order valence-corrected chi connectivity index (χ0v) is 25.7. The van der Waals surface area contributed by atoms with E-state index in [9.17, 15) is 19.6 Å². The van der Waals surface area contributed by atoms with Crippen LogP contribution in [0.1, 0.15) is 53.2 Å². The predicted octanol–water partition coefficient (Wildman–Crippen LogP) is 2.38. The molecule has 3 aliphatic rings. The number of nitrogens with zero attached hydrogens (tertiary/aromatic N) is 3. The Morgan fingerprint density at radius 2 is 2.10 bits per heavy atom. The molecule has 4 N–H and O–H groups in total. The van der Waals surface area contributed by atoms with Crippen LogP contribution >= 0.6 is 35.3 Å². The van der Waals surface area contributed by atoms with Crippen LogP contribution in [-0.4, -0.2) is 86.1 Å². The van der Waals surface area contributed by atoms with Crippen molar-refractivity contribution in [3.05, 3.63) is 22.3 Å². The third-order valence-electron chi connectivity index (χ3n) is 6.41. The van der Waals surface area contributed by atoms with Crippen molar-refractivity contribution in [1.82, 2.24) is 15.2 Å². The van der Waals surface area contributed by atoms with Gasteiger partial charge in [0.15, 0.2) is 16.6 Å². The van der Waals surface area contributed by atoms with Crippen LogP contribution in [0.4, 0.5) is 5.13 Å². The number of oxime groups is 1. The second kappa shape index (κ2) is 12.2. The number of amides is 2. The number of carbonyl (C=O) groups excluding carboxylic acids is 3. The van der Waals surface area contributed by atoms with Crippen LogP contribution in [0.25, 0.3) is 0 Å². The van der Waals surface area contributed by atoms with Crippen LogP contribution in [0.3, 0.4) is 0 Å². The highest BCUT2D eigenvalue weighted by Crippen LogP contribution is 2.43. The molecule has 0 spiro atoms. The van der Waals surface area contributed by atoms with E-state index in [1.165, 1.54) is 22.0 Å². The maximum absolute atomic E-state index is 13.4. The van der Waals surface area contributed by atoms with Gasteiger partial charge >= 0.3 is 5.97 Å². The molecule has 2 unspecified atom stereocenters. The Hall–Kier alpha value is -2.79. The van der Waals surface area contributed by atoms with Gasteiger partial charge in [-0.05, 0) is 65.3 Å². The van der Waals surface area contributed by atoms with Crippen LogP contribution < -0.4 is 11.1 Å². The van der Waals surface area contributed by atoms with Gasteiger partial charge in [0.2, 0.25) is 11.8 Å². The number of hydrogen-bond acceptors (Lipinski definition) is 14. The largest absolute Gasteiger partial charge is 0.445 e. The summed E-state index contributed by atoms with van der Waals surface area (Å²) in [6.45, 7) is 8.94. The average Bonchev–Trinajstić information content (AvgIpc) is 3.31. The van der Waals surface area contributed by atoms with E-state index in [2.05, 4.69) is 15.5 Å². The number of nitrogens with one attached hydrogen (secondary N) is 1. The van der Waals surface area contributed by atoms with Crippen molar-refractivity contribution >= 4 is 69.0 Å². The molecule has 13 nitrogen and oxygen atoms in total. The highest BCUT2D eigenvalue weighted by Gasteiger charge is 2.54. The zero-order chi connectivity index (χ0) is 30.1. The van der Waals surface area contributed by atoms with Gasteiger partial charge in [-0.2, -0.15) is 0 Å². The third kappa shape index (κ3) is 6.99. The molecule has 3 atom stereocenters. The second-order valence-electron chi connectivity index (χ2n) is 11.0. The summed E-state index contributed by atoms with van der Waals surface area (Å²) in [4.78, 5) is 44.0. The van der Waals surface area contributed by atoms with Crippen molar-refractivity contribution in [2.75, 3.05) is 24.9 Å². The highest BCUT2D eigenvalue weighted by molar-refractivity contribution is 8.00. The van der Waals surface area contributed by atoms with Crippen LogP contribution in [0.5, 0.6) is 0 Å². The summed E-state index contributed by atoms with van der Waals surface area (Å²) < 4.78 is 22.6. The second-order valence-corrected chi connectivity index (χ2v) is 13.4. The Labute approximate surface area is 250 Å². The Morgan fingerprint density at radius 3 is 2.71 bits per heavy atom. The Kier molecular flexibility index (Phi) is 9.28. The summed E-state index contributed by atoms with van der Waals surface area (Å²) >= 11 is 8.11. The van der Waals surface area contributed by atoms with Crippen molar-refractivity contribution in [3.63, 3.8) is 0 Å². The van der Waals surface area contributed by atoms with E-state index in [4.69, 9.17) is 36.9 Å². The number of thiocarbonyl (C=S) groups is 1. The molecule has 4 rings (SSSR count). The van der Waals surface area contributed by atoms with E-state index in [-0.39, 0.29) is 27.7 Å². The average molecular weight is 628 g/mol. The van der Waals surface area contributed by atoms with E-state index in [1.54, 1.807) is 20.8 Å². The molecule has 4 heterocycles. The molecule has 1 aromatic rings. The van der Waals surface area contributed by atoms with Crippen LogP contribution in [0.15, 0.2) is 21.8 Å². The number of esters is 1. The maximum atomic E-state index is 13.4. The summed E-state index contributed by atoms with van der Waals surface area (Å²) in [5.41, 5.74) is 5.86.